The van der Waals surface area contributed by atoms with Crippen molar-refractivity contribution in [1.29, 1.82) is 0 Å². The smallest absolute Gasteiger partial charge is 0.268 e. The monoisotopic (exact) mass is 363 g/mol. The first-order valence-electron chi connectivity index (χ1n) is 7.92. The second kappa shape index (κ2) is 6.57. The van der Waals surface area contributed by atoms with Gasteiger partial charge in [-0.15, -0.1) is 0 Å². The van der Waals surface area contributed by atoms with Gasteiger partial charge in [-0.2, -0.15) is 0 Å². The Kier molecular flexibility index (Phi) is 4.62. The SMILES string of the molecule is COc1ccc2c(c1)N(S(=O)(=O)c1cc(C)ccc1OC)CCC2O. The van der Waals surface area contributed by atoms with Crippen LogP contribution in [0.5, 0.6) is 11.5 Å². The molecule has 0 aromatic heterocycles. The minimum absolute atomic E-state index is 0.111. The predicted molar refractivity (Wildman–Crippen MR) is 94.8 cm³/mol. The van der Waals surface area contributed by atoms with Crippen LogP contribution in [-0.4, -0.2) is 34.3 Å². The number of anilines is 1. The van der Waals surface area contributed by atoms with Gasteiger partial charge in [0.1, 0.15) is 16.4 Å². The Hall–Kier alpha value is -2.25. The zero-order chi connectivity index (χ0) is 18.2. The lowest BCUT2D eigenvalue weighted by atomic mass is 10.0. The fraction of sp³-hybridized carbons (Fsp3) is 0.333. The van der Waals surface area contributed by atoms with E-state index in [1.54, 1.807) is 36.4 Å². The molecule has 1 aliphatic rings. The Morgan fingerprint density at radius 2 is 1.88 bits per heavy atom. The largest absolute Gasteiger partial charge is 0.497 e. The van der Waals surface area contributed by atoms with Crippen molar-refractivity contribution in [2.45, 2.75) is 24.3 Å². The van der Waals surface area contributed by atoms with E-state index in [1.165, 1.54) is 18.5 Å². The van der Waals surface area contributed by atoms with E-state index in [4.69, 9.17) is 9.47 Å². The highest BCUT2D eigenvalue weighted by Crippen LogP contribution is 2.40. The van der Waals surface area contributed by atoms with Gasteiger partial charge >= 0.3 is 0 Å². The van der Waals surface area contributed by atoms with E-state index in [0.717, 1.165) is 5.56 Å². The number of methoxy groups -OCH3 is 2. The number of sulfonamides is 1. The van der Waals surface area contributed by atoms with Crippen LogP contribution < -0.4 is 13.8 Å². The van der Waals surface area contributed by atoms with Crippen LogP contribution in [0.25, 0.3) is 0 Å². The molecular weight excluding hydrogens is 342 g/mol. The van der Waals surface area contributed by atoms with Crippen LogP contribution in [0.1, 0.15) is 23.7 Å². The number of benzene rings is 2. The molecule has 0 bridgehead atoms. The quantitative estimate of drug-likeness (QED) is 0.904. The van der Waals surface area contributed by atoms with Gasteiger partial charge in [0.2, 0.25) is 0 Å². The van der Waals surface area contributed by atoms with Crippen LogP contribution in [0.4, 0.5) is 5.69 Å². The number of aliphatic hydroxyl groups is 1. The third-order valence-electron chi connectivity index (χ3n) is 4.36. The summed E-state index contributed by atoms with van der Waals surface area (Å²) in [6.45, 7) is 2.01. The lowest BCUT2D eigenvalue weighted by Gasteiger charge is -2.33. The molecule has 134 valence electrons. The van der Waals surface area contributed by atoms with Gasteiger partial charge in [0, 0.05) is 18.2 Å². The highest BCUT2D eigenvalue weighted by Gasteiger charge is 2.34. The minimum Gasteiger partial charge on any atom is -0.497 e. The van der Waals surface area contributed by atoms with Crippen molar-refractivity contribution in [3.05, 3.63) is 47.5 Å². The number of ether oxygens (including phenoxy) is 2. The Morgan fingerprint density at radius 1 is 1.12 bits per heavy atom. The molecule has 2 aromatic carbocycles. The van der Waals surface area contributed by atoms with Crippen molar-refractivity contribution in [1.82, 2.24) is 0 Å². The Balaban J connectivity index is 2.17. The van der Waals surface area contributed by atoms with Crippen molar-refractivity contribution in [3.8, 4) is 11.5 Å². The molecule has 6 nitrogen and oxygen atoms in total. The highest BCUT2D eigenvalue weighted by molar-refractivity contribution is 7.93. The van der Waals surface area contributed by atoms with Gasteiger partial charge in [0.15, 0.2) is 0 Å². The van der Waals surface area contributed by atoms with E-state index in [9.17, 15) is 13.5 Å². The zero-order valence-electron chi connectivity index (χ0n) is 14.4. The molecule has 0 radical (unpaired) electrons. The molecule has 0 saturated carbocycles. The van der Waals surface area contributed by atoms with Crippen molar-refractivity contribution in [3.63, 3.8) is 0 Å². The molecule has 1 atom stereocenters. The second-order valence-corrected chi connectivity index (χ2v) is 7.79. The average Bonchev–Trinajstić information content (AvgIpc) is 2.61. The molecular formula is C18H21NO5S. The molecule has 0 fully saturated rings. The van der Waals surface area contributed by atoms with Gasteiger partial charge in [-0.3, -0.25) is 4.31 Å². The average molecular weight is 363 g/mol. The number of rotatable bonds is 4. The normalized spacial score (nSPS) is 17.1. The van der Waals surface area contributed by atoms with E-state index in [-0.39, 0.29) is 11.4 Å². The molecule has 7 heteroatoms. The van der Waals surface area contributed by atoms with Crippen LogP contribution in [0.2, 0.25) is 0 Å². The maximum absolute atomic E-state index is 13.3. The summed E-state index contributed by atoms with van der Waals surface area (Å²) in [5, 5.41) is 10.2. The number of hydrogen-bond acceptors (Lipinski definition) is 5. The molecule has 1 heterocycles. The van der Waals surface area contributed by atoms with Crippen molar-refractivity contribution in [2.75, 3.05) is 25.1 Å². The molecule has 1 N–H and O–H groups in total. The number of hydrogen-bond donors (Lipinski definition) is 1. The van der Waals surface area contributed by atoms with Crippen LogP contribution in [0.15, 0.2) is 41.3 Å². The second-order valence-electron chi connectivity index (χ2n) is 5.96. The number of aliphatic hydroxyl groups excluding tert-OH is 1. The zero-order valence-corrected chi connectivity index (χ0v) is 15.2. The van der Waals surface area contributed by atoms with E-state index < -0.39 is 16.1 Å². The fourth-order valence-electron chi connectivity index (χ4n) is 3.02. The Bertz CT molecular complexity index is 894. The van der Waals surface area contributed by atoms with Crippen molar-refractivity contribution >= 4 is 15.7 Å². The van der Waals surface area contributed by atoms with Crippen LogP contribution in [0.3, 0.4) is 0 Å². The summed E-state index contributed by atoms with van der Waals surface area (Å²) in [7, 11) is -0.885. The van der Waals surface area contributed by atoms with Crippen molar-refractivity contribution in [2.24, 2.45) is 0 Å². The molecule has 1 unspecified atom stereocenters. The summed E-state index contributed by atoms with van der Waals surface area (Å²) in [5.41, 5.74) is 1.83. The predicted octanol–water partition coefficient (Wildman–Crippen LogP) is 2.64. The maximum atomic E-state index is 13.3. The standard InChI is InChI=1S/C18H21NO5S/c1-12-4-7-17(24-3)18(10-12)25(21,22)19-9-8-16(20)14-6-5-13(23-2)11-15(14)19/h4-7,10-11,16,20H,8-9H2,1-3H3. The number of aryl methyl sites for hydroxylation is 1. The summed E-state index contributed by atoms with van der Waals surface area (Å²) in [5.74, 6) is 0.824. The third-order valence-corrected chi connectivity index (χ3v) is 6.19. The summed E-state index contributed by atoms with van der Waals surface area (Å²) in [4.78, 5) is 0.111. The van der Waals surface area contributed by atoms with Gasteiger partial charge in [-0.25, -0.2) is 8.42 Å². The summed E-state index contributed by atoms with van der Waals surface area (Å²) >= 11 is 0. The summed E-state index contributed by atoms with van der Waals surface area (Å²) in [6.07, 6.45) is -0.376. The van der Waals surface area contributed by atoms with E-state index >= 15 is 0 Å². The lowest BCUT2D eigenvalue weighted by molar-refractivity contribution is 0.166. The summed E-state index contributed by atoms with van der Waals surface area (Å²) in [6, 6.07) is 10.1. The van der Waals surface area contributed by atoms with E-state index in [2.05, 4.69) is 0 Å². The highest BCUT2D eigenvalue weighted by atomic mass is 32.2. The van der Waals surface area contributed by atoms with E-state index in [1.807, 2.05) is 6.92 Å². The molecule has 1 aliphatic heterocycles. The fourth-order valence-corrected chi connectivity index (χ4v) is 4.76. The first kappa shape index (κ1) is 17.6. The molecule has 0 spiro atoms. The molecule has 3 rings (SSSR count). The first-order chi connectivity index (χ1) is 11.9. The van der Waals surface area contributed by atoms with E-state index in [0.29, 0.717) is 29.2 Å². The van der Waals surface area contributed by atoms with Crippen molar-refractivity contribution < 1.29 is 23.0 Å². The van der Waals surface area contributed by atoms with Crippen LogP contribution >= 0.6 is 0 Å². The third kappa shape index (κ3) is 3.05. The topological polar surface area (TPSA) is 76.1 Å². The van der Waals surface area contributed by atoms with Crippen LogP contribution in [-0.2, 0) is 10.0 Å². The summed E-state index contributed by atoms with van der Waals surface area (Å²) < 4.78 is 38.4. The number of fused-ring (bicyclic) bond motifs is 1. The van der Waals surface area contributed by atoms with Gasteiger partial charge in [0.25, 0.3) is 10.0 Å². The Morgan fingerprint density at radius 3 is 2.56 bits per heavy atom. The molecule has 0 amide bonds. The molecule has 0 aliphatic carbocycles. The van der Waals surface area contributed by atoms with Gasteiger partial charge in [-0.05, 0) is 37.1 Å². The minimum atomic E-state index is -3.85. The molecule has 2 aromatic rings. The van der Waals surface area contributed by atoms with Gasteiger partial charge in [-0.1, -0.05) is 12.1 Å². The first-order valence-corrected chi connectivity index (χ1v) is 9.36. The molecule has 0 saturated heterocycles. The molecule has 25 heavy (non-hydrogen) atoms. The Labute approximate surface area is 147 Å². The number of nitrogens with zero attached hydrogens (tertiary/aromatic N) is 1. The maximum Gasteiger partial charge on any atom is 0.268 e. The lowest BCUT2D eigenvalue weighted by Crippen LogP contribution is -2.37. The van der Waals surface area contributed by atoms with Gasteiger partial charge in [0.05, 0.1) is 26.0 Å². The van der Waals surface area contributed by atoms with Crippen LogP contribution in [0, 0.1) is 6.92 Å². The van der Waals surface area contributed by atoms with Gasteiger partial charge < -0.3 is 14.6 Å².